The minimum Gasteiger partial charge on any atom is -0.359 e. The van der Waals surface area contributed by atoms with Crippen molar-refractivity contribution in [2.45, 2.75) is 19.3 Å². The number of amides is 2. The Morgan fingerprint density at radius 1 is 1.17 bits per heavy atom. The predicted octanol–water partition coefficient (Wildman–Crippen LogP) is 0.688. The van der Waals surface area contributed by atoms with Crippen LogP contribution in [-0.4, -0.2) is 30.2 Å². The summed E-state index contributed by atoms with van der Waals surface area (Å²) >= 11 is 0. The molecule has 0 spiro atoms. The van der Waals surface area contributed by atoms with E-state index in [9.17, 15) is 9.59 Å². The highest BCUT2D eigenvalue weighted by Crippen LogP contribution is 2.09. The number of piperidine rings is 1. The van der Waals surface area contributed by atoms with Crippen LogP contribution in [0, 0.1) is 0 Å². The van der Waals surface area contributed by atoms with E-state index in [4.69, 9.17) is 5.73 Å². The lowest BCUT2D eigenvalue weighted by molar-refractivity contribution is 0.115. The van der Waals surface area contributed by atoms with Crippen molar-refractivity contribution in [3.63, 3.8) is 0 Å². The van der Waals surface area contributed by atoms with Gasteiger partial charge in [-0.3, -0.25) is 0 Å². The quantitative estimate of drug-likeness (QED) is 0.546. The Balaban J connectivity index is 2.34. The number of hydrogen-bond donors (Lipinski definition) is 1. The molecule has 5 nitrogen and oxygen atoms in total. The van der Waals surface area contributed by atoms with Crippen LogP contribution in [0.5, 0.6) is 0 Å². The Morgan fingerprint density at radius 3 is 2.25 bits per heavy atom. The van der Waals surface area contributed by atoms with Crippen molar-refractivity contribution in [2.75, 3.05) is 13.1 Å². The second-order valence-corrected chi connectivity index (χ2v) is 2.73. The lowest BCUT2D eigenvalue weighted by Crippen LogP contribution is -2.38. The highest BCUT2D eigenvalue weighted by Gasteiger charge is 2.18. The van der Waals surface area contributed by atoms with Gasteiger partial charge in [0.25, 0.3) is 0 Å². The maximum atomic E-state index is 11.0. The van der Waals surface area contributed by atoms with E-state index in [1.807, 2.05) is 0 Å². The molecular formula is C7H12N2O3. The monoisotopic (exact) mass is 172 g/mol. The van der Waals surface area contributed by atoms with E-state index in [2.05, 4.69) is 4.74 Å². The van der Waals surface area contributed by atoms with E-state index in [0.717, 1.165) is 19.3 Å². The van der Waals surface area contributed by atoms with Crippen molar-refractivity contribution in [1.29, 1.82) is 0 Å². The van der Waals surface area contributed by atoms with E-state index in [-0.39, 0.29) is 0 Å². The Morgan fingerprint density at radius 2 is 1.75 bits per heavy atom. The van der Waals surface area contributed by atoms with Crippen LogP contribution < -0.4 is 5.73 Å². The fourth-order valence-electron chi connectivity index (χ4n) is 1.23. The van der Waals surface area contributed by atoms with Gasteiger partial charge >= 0.3 is 12.2 Å². The molecule has 1 fully saturated rings. The standard InChI is InChI=1S/C7H12N2O3/c8-6(10)12-7(11)9-4-2-1-3-5-9/h1-5H2,(H2,8,10). The number of ether oxygens (including phenoxy) is 1. The predicted molar refractivity (Wildman–Crippen MR) is 41.5 cm³/mol. The van der Waals surface area contributed by atoms with Crippen molar-refractivity contribution in [2.24, 2.45) is 5.73 Å². The van der Waals surface area contributed by atoms with Gasteiger partial charge in [0, 0.05) is 13.1 Å². The molecule has 68 valence electrons. The van der Waals surface area contributed by atoms with Gasteiger partial charge in [0.05, 0.1) is 0 Å². The molecule has 0 unspecified atom stereocenters. The summed E-state index contributed by atoms with van der Waals surface area (Å²) in [5, 5.41) is 0. The van der Waals surface area contributed by atoms with Crippen molar-refractivity contribution >= 4 is 12.2 Å². The number of carbonyl (C=O) groups excluding carboxylic acids is 2. The van der Waals surface area contributed by atoms with Gasteiger partial charge in [-0.25, -0.2) is 9.59 Å². The van der Waals surface area contributed by atoms with Gasteiger partial charge in [0.1, 0.15) is 0 Å². The highest BCUT2D eigenvalue weighted by molar-refractivity contribution is 5.82. The summed E-state index contributed by atoms with van der Waals surface area (Å²) in [4.78, 5) is 22.7. The number of hydrogen-bond acceptors (Lipinski definition) is 3. The van der Waals surface area contributed by atoms with E-state index in [1.165, 1.54) is 4.90 Å². The largest absolute Gasteiger partial charge is 0.418 e. The van der Waals surface area contributed by atoms with Crippen LogP contribution in [-0.2, 0) is 4.74 Å². The van der Waals surface area contributed by atoms with Crippen LogP contribution in [0.4, 0.5) is 9.59 Å². The minimum absolute atomic E-state index is 0.623. The highest BCUT2D eigenvalue weighted by atomic mass is 16.6. The molecule has 0 aromatic heterocycles. The van der Waals surface area contributed by atoms with Crippen LogP contribution >= 0.6 is 0 Å². The molecule has 5 heteroatoms. The third-order valence-corrected chi connectivity index (χ3v) is 1.80. The molecule has 1 heterocycles. The Labute approximate surface area is 70.5 Å². The van der Waals surface area contributed by atoms with Crippen molar-refractivity contribution < 1.29 is 14.3 Å². The zero-order valence-electron chi connectivity index (χ0n) is 6.78. The molecule has 1 saturated heterocycles. The number of carbonyl (C=O) groups is 2. The number of nitrogens with two attached hydrogens (primary N) is 1. The summed E-state index contributed by atoms with van der Waals surface area (Å²) in [5.41, 5.74) is 4.69. The van der Waals surface area contributed by atoms with Gasteiger partial charge in [-0.1, -0.05) is 0 Å². The summed E-state index contributed by atoms with van der Waals surface area (Å²) < 4.78 is 4.22. The molecule has 0 aromatic carbocycles. The first-order chi connectivity index (χ1) is 5.70. The summed E-state index contributed by atoms with van der Waals surface area (Å²) in [6.07, 6.45) is 1.40. The van der Waals surface area contributed by atoms with Crippen LogP contribution in [0.25, 0.3) is 0 Å². The Hall–Kier alpha value is -1.26. The third kappa shape index (κ3) is 2.41. The zero-order valence-corrected chi connectivity index (χ0v) is 6.78. The van der Waals surface area contributed by atoms with Gasteiger partial charge in [0.2, 0.25) is 0 Å². The van der Waals surface area contributed by atoms with Crippen molar-refractivity contribution in [1.82, 2.24) is 4.90 Å². The number of primary amides is 1. The van der Waals surface area contributed by atoms with Gasteiger partial charge < -0.3 is 15.4 Å². The second-order valence-electron chi connectivity index (χ2n) is 2.73. The van der Waals surface area contributed by atoms with Crippen LogP contribution in [0.1, 0.15) is 19.3 Å². The second kappa shape index (κ2) is 3.94. The molecular weight excluding hydrogens is 160 g/mol. The Kier molecular flexibility index (Phi) is 2.90. The third-order valence-electron chi connectivity index (χ3n) is 1.80. The first-order valence-electron chi connectivity index (χ1n) is 3.96. The average Bonchev–Trinajstić information content (AvgIpc) is 2.05. The summed E-state index contributed by atoms with van der Waals surface area (Å²) in [6, 6.07) is 0. The molecule has 12 heavy (non-hydrogen) atoms. The average molecular weight is 172 g/mol. The molecule has 1 aliphatic rings. The zero-order chi connectivity index (χ0) is 8.97. The number of likely N-dealkylation sites (tertiary alicyclic amines) is 1. The molecule has 1 aliphatic heterocycles. The van der Waals surface area contributed by atoms with Gasteiger partial charge in [-0.05, 0) is 19.3 Å². The number of nitrogens with zero attached hydrogens (tertiary/aromatic N) is 1. The van der Waals surface area contributed by atoms with E-state index < -0.39 is 12.2 Å². The maximum Gasteiger partial charge on any atom is 0.418 e. The number of rotatable bonds is 0. The SMILES string of the molecule is NC(=O)OC(=O)N1CCCCC1. The van der Waals surface area contributed by atoms with Crippen molar-refractivity contribution in [3.05, 3.63) is 0 Å². The summed E-state index contributed by atoms with van der Waals surface area (Å²) in [6.45, 7) is 1.32. The molecule has 2 N–H and O–H groups in total. The maximum absolute atomic E-state index is 11.0. The first kappa shape index (κ1) is 8.83. The minimum atomic E-state index is -1.04. The van der Waals surface area contributed by atoms with Gasteiger partial charge in [-0.15, -0.1) is 0 Å². The fraction of sp³-hybridized carbons (Fsp3) is 0.714. The lowest BCUT2D eigenvalue weighted by atomic mass is 10.1. The van der Waals surface area contributed by atoms with Crippen LogP contribution in [0.2, 0.25) is 0 Å². The molecule has 0 atom stereocenters. The smallest absolute Gasteiger partial charge is 0.359 e. The van der Waals surface area contributed by atoms with Gasteiger partial charge in [-0.2, -0.15) is 0 Å². The molecule has 0 aliphatic carbocycles. The Bertz CT molecular complexity index is 187. The molecule has 0 saturated carbocycles. The molecule has 2 amide bonds. The van der Waals surface area contributed by atoms with Gasteiger partial charge in [0.15, 0.2) is 0 Å². The lowest BCUT2D eigenvalue weighted by Gasteiger charge is -2.24. The van der Waals surface area contributed by atoms with Crippen LogP contribution in [0.3, 0.4) is 0 Å². The summed E-state index contributed by atoms with van der Waals surface area (Å²) in [7, 11) is 0. The summed E-state index contributed by atoms with van der Waals surface area (Å²) in [5.74, 6) is 0. The fourth-order valence-corrected chi connectivity index (χ4v) is 1.23. The van der Waals surface area contributed by atoms with E-state index in [0.29, 0.717) is 13.1 Å². The molecule has 0 bridgehead atoms. The molecule has 0 radical (unpaired) electrons. The van der Waals surface area contributed by atoms with Crippen molar-refractivity contribution in [3.8, 4) is 0 Å². The van der Waals surface area contributed by atoms with E-state index in [1.54, 1.807) is 0 Å². The topological polar surface area (TPSA) is 72.6 Å². The van der Waals surface area contributed by atoms with E-state index >= 15 is 0 Å². The molecule has 1 rings (SSSR count). The normalized spacial score (nSPS) is 17.2. The van der Waals surface area contributed by atoms with Crippen LogP contribution in [0.15, 0.2) is 0 Å². The molecule has 0 aromatic rings. The first-order valence-corrected chi connectivity index (χ1v) is 3.96.